The summed E-state index contributed by atoms with van der Waals surface area (Å²) < 4.78 is 19.5. The van der Waals surface area contributed by atoms with Crippen molar-refractivity contribution in [3.8, 4) is 5.75 Å². The van der Waals surface area contributed by atoms with E-state index in [-0.39, 0.29) is 12.3 Å². The molecular weight excluding hydrogens is 327 g/mol. The molecule has 0 saturated carbocycles. The number of rotatable bonds is 5. The highest BCUT2D eigenvalue weighted by Gasteiger charge is 2.14. The number of aryl methyl sites for hydroxylation is 1. The second kappa shape index (κ2) is 7.23. The Morgan fingerprint density at radius 3 is 2.92 bits per heavy atom. The van der Waals surface area contributed by atoms with E-state index in [0.29, 0.717) is 11.3 Å². The predicted octanol–water partition coefficient (Wildman–Crippen LogP) is 4.42. The molecule has 3 aromatic rings. The highest BCUT2D eigenvalue weighted by molar-refractivity contribution is 7.07. The molecule has 0 aliphatic carbocycles. The van der Waals surface area contributed by atoms with Gasteiger partial charge in [0.05, 0.1) is 22.5 Å². The van der Waals surface area contributed by atoms with Crippen LogP contribution in [0.1, 0.15) is 21.6 Å². The first-order valence-electron chi connectivity index (χ1n) is 7.30. The second-order valence-electron chi connectivity index (χ2n) is 5.20. The zero-order valence-corrected chi connectivity index (χ0v) is 13.8. The van der Waals surface area contributed by atoms with Gasteiger partial charge < -0.3 is 10.1 Å². The quantitative estimate of drug-likeness (QED) is 0.747. The lowest BCUT2D eigenvalue weighted by Gasteiger charge is -2.12. The lowest BCUT2D eigenvalue weighted by atomic mass is 10.1. The van der Waals surface area contributed by atoms with E-state index < -0.39 is 11.7 Å². The number of thiazole rings is 1. The summed E-state index contributed by atoms with van der Waals surface area (Å²) >= 11 is 1.48. The van der Waals surface area contributed by atoms with Crippen LogP contribution in [-0.2, 0) is 6.61 Å². The largest absolute Gasteiger partial charge is 0.486 e. The van der Waals surface area contributed by atoms with Crippen molar-refractivity contribution in [1.82, 2.24) is 4.98 Å². The summed E-state index contributed by atoms with van der Waals surface area (Å²) in [5, 5.41) is 4.47. The number of ether oxygens (including phenoxy) is 1. The number of aromatic nitrogens is 1. The SMILES string of the molecule is Cc1ccc(F)c(NC(=O)c2ccccc2OCc2cscn2)c1. The van der Waals surface area contributed by atoms with Gasteiger partial charge in [-0.1, -0.05) is 18.2 Å². The number of carbonyl (C=O) groups is 1. The summed E-state index contributed by atoms with van der Waals surface area (Å²) in [6, 6.07) is 11.4. The minimum absolute atomic E-state index is 0.148. The molecule has 1 N–H and O–H groups in total. The number of anilines is 1. The Bertz CT molecular complexity index is 850. The van der Waals surface area contributed by atoms with E-state index in [1.54, 1.807) is 41.9 Å². The molecule has 4 nitrogen and oxygen atoms in total. The van der Waals surface area contributed by atoms with E-state index in [1.807, 2.05) is 12.3 Å². The first-order chi connectivity index (χ1) is 11.6. The van der Waals surface area contributed by atoms with Gasteiger partial charge >= 0.3 is 0 Å². The van der Waals surface area contributed by atoms with E-state index in [4.69, 9.17) is 4.74 Å². The van der Waals surface area contributed by atoms with Gasteiger partial charge in [0.25, 0.3) is 5.91 Å². The van der Waals surface area contributed by atoms with Crippen LogP contribution in [0.25, 0.3) is 0 Å². The summed E-state index contributed by atoms with van der Waals surface area (Å²) in [6.07, 6.45) is 0. The molecule has 0 atom stereocenters. The van der Waals surface area contributed by atoms with Crippen LogP contribution in [0, 0.1) is 12.7 Å². The zero-order chi connectivity index (χ0) is 16.9. The van der Waals surface area contributed by atoms with Crippen LogP contribution < -0.4 is 10.1 Å². The average Bonchev–Trinajstić information content (AvgIpc) is 3.10. The first-order valence-corrected chi connectivity index (χ1v) is 8.24. The minimum Gasteiger partial charge on any atom is -0.486 e. The number of nitrogens with zero attached hydrogens (tertiary/aromatic N) is 1. The number of para-hydroxylation sites is 1. The molecule has 0 bridgehead atoms. The smallest absolute Gasteiger partial charge is 0.259 e. The highest BCUT2D eigenvalue weighted by atomic mass is 32.1. The van der Waals surface area contributed by atoms with Crippen LogP contribution in [0.5, 0.6) is 5.75 Å². The molecule has 1 aromatic heterocycles. The second-order valence-corrected chi connectivity index (χ2v) is 5.92. The third-order valence-electron chi connectivity index (χ3n) is 3.36. The molecule has 122 valence electrons. The molecule has 0 aliphatic heterocycles. The molecule has 1 heterocycles. The summed E-state index contributed by atoms with van der Waals surface area (Å²) in [6.45, 7) is 2.10. The average molecular weight is 342 g/mol. The molecular formula is C18H15FN2O2S. The monoisotopic (exact) mass is 342 g/mol. The summed E-state index contributed by atoms with van der Waals surface area (Å²) in [5.74, 6) is -0.473. The Morgan fingerprint density at radius 2 is 2.12 bits per heavy atom. The van der Waals surface area contributed by atoms with Crippen LogP contribution in [0.4, 0.5) is 10.1 Å². The van der Waals surface area contributed by atoms with Crippen LogP contribution in [-0.4, -0.2) is 10.9 Å². The maximum absolute atomic E-state index is 13.8. The van der Waals surface area contributed by atoms with Gasteiger partial charge in [0, 0.05) is 5.38 Å². The van der Waals surface area contributed by atoms with Gasteiger partial charge in [-0.25, -0.2) is 9.37 Å². The van der Waals surface area contributed by atoms with Crippen molar-refractivity contribution in [2.24, 2.45) is 0 Å². The molecule has 3 rings (SSSR count). The molecule has 24 heavy (non-hydrogen) atoms. The predicted molar refractivity (Wildman–Crippen MR) is 92.0 cm³/mol. The fraction of sp³-hybridized carbons (Fsp3) is 0.111. The van der Waals surface area contributed by atoms with Crippen molar-refractivity contribution in [2.45, 2.75) is 13.5 Å². The maximum atomic E-state index is 13.8. The van der Waals surface area contributed by atoms with E-state index in [1.165, 1.54) is 17.4 Å². The van der Waals surface area contributed by atoms with Crippen molar-refractivity contribution in [3.63, 3.8) is 0 Å². The highest BCUT2D eigenvalue weighted by Crippen LogP contribution is 2.22. The maximum Gasteiger partial charge on any atom is 0.259 e. The van der Waals surface area contributed by atoms with Crippen molar-refractivity contribution in [1.29, 1.82) is 0 Å². The van der Waals surface area contributed by atoms with Crippen LogP contribution in [0.15, 0.2) is 53.4 Å². The molecule has 0 unspecified atom stereocenters. The van der Waals surface area contributed by atoms with Gasteiger partial charge in [-0.15, -0.1) is 11.3 Å². The molecule has 6 heteroatoms. The first kappa shape index (κ1) is 16.1. The van der Waals surface area contributed by atoms with Gasteiger partial charge in [0.2, 0.25) is 0 Å². The topological polar surface area (TPSA) is 51.2 Å². The Morgan fingerprint density at radius 1 is 1.29 bits per heavy atom. The molecule has 0 fully saturated rings. The van der Waals surface area contributed by atoms with Crippen LogP contribution in [0.3, 0.4) is 0 Å². The number of carbonyl (C=O) groups excluding carboxylic acids is 1. The number of nitrogens with one attached hydrogen (secondary N) is 1. The normalized spacial score (nSPS) is 10.4. The van der Waals surface area contributed by atoms with E-state index in [2.05, 4.69) is 10.3 Å². The third kappa shape index (κ3) is 3.78. The number of amides is 1. The van der Waals surface area contributed by atoms with E-state index in [9.17, 15) is 9.18 Å². The Labute approximate surface area is 142 Å². The summed E-state index contributed by atoms with van der Waals surface area (Å²) in [4.78, 5) is 16.6. The molecule has 0 saturated heterocycles. The molecule has 1 amide bonds. The standard InChI is InChI=1S/C18H15FN2O2S/c1-12-6-7-15(19)16(8-12)21-18(22)14-4-2-3-5-17(14)23-9-13-10-24-11-20-13/h2-8,10-11H,9H2,1H3,(H,21,22). The lowest BCUT2D eigenvalue weighted by Crippen LogP contribution is -2.14. The number of hydrogen-bond donors (Lipinski definition) is 1. The molecule has 0 aliphatic rings. The Kier molecular flexibility index (Phi) is 4.86. The summed E-state index contributed by atoms with van der Waals surface area (Å²) in [5.41, 5.74) is 3.86. The number of benzene rings is 2. The van der Waals surface area contributed by atoms with Gasteiger partial charge in [-0.2, -0.15) is 0 Å². The number of hydrogen-bond acceptors (Lipinski definition) is 4. The summed E-state index contributed by atoms with van der Waals surface area (Å²) in [7, 11) is 0. The Hall–Kier alpha value is -2.73. The van der Waals surface area contributed by atoms with Gasteiger partial charge in [0.1, 0.15) is 18.2 Å². The van der Waals surface area contributed by atoms with Crippen LogP contribution in [0.2, 0.25) is 0 Å². The minimum atomic E-state index is -0.477. The van der Waals surface area contributed by atoms with Crippen molar-refractivity contribution >= 4 is 22.9 Å². The third-order valence-corrected chi connectivity index (χ3v) is 4.00. The van der Waals surface area contributed by atoms with Gasteiger partial charge in [-0.05, 0) is 36.8 Å². The molecule has 2 aromatic carbocycles. The number of halogens is 1. The lowest BCUT2D eigenvalue weighted by molar-refractivity contribution is 0.102. The Balaban J connectivity index is 1.78. The fourth-order valence-corrected chi connectivity index (χ4v) is 2.71. The van der Waals surface area contributed by atoms with Crippen molar-refractivity contribution in [3.05, 3.63) is 76.0 Å². The van der Waals surface area contributed by atoms with E-state index in [0.717, 1.165) is 11.3 Å². The van der Waals surface area contributed by atoms with Crippen LogP contribution >= 0.6 is 11.3 Å². The van der Waals surface area contributed by atoms with Gasteiger partial charge in [0.15, 0.2) is 0 Å². The van der Waals surface area contributed by atoms with Crippen molar-refractivity contribution in [2.75, 3.05) is 5.32 Å². The molecule has 0 spiro atoms. The van der Waals surface area contributed by atoms with E-state index >= 15 is 0 Å². The zero-order valence-electron chi connectivity index (χ0n) is 13.0. The fourth-order valence-electron chi connectivity index (χ4n) is 2.17. The molecule has 0 radical (unpaired) electrons. The van der Waals surface area contributed by atoms with Gasteiger partial charge in [-0.3, -0.25) is 4.79 Å². The van der Waals surface area contributed by atoms with Crippen molar-refractivity contribution < 1.29 is 13.9 Å².